The molecule has 90 valence electrons. The summed E-state index contributed by atoms with van der Waals surface area (Å²) in [6.07, 6.45) is 1.40. The number of nitrogens with zero attached hydrogens (tertiary/aromatic N) is 3. The number of aromatic nitrogens is 2. The van der Waals surface area contributed by atoms with Gasteiger partial charge < -0.3 is 5.32 Å². The van der Waals surface area contributed by atoms with E-state index in [1.807, 2.05) is 6.07 Å². The van der Waals surface area contributed by atoms with Crippen molar-refractivity contribution in [3.63, 3.8) is 0 Å². The molecule has 1 N–H and O–H groups in total. The minimum atomic E-state index is -0.336. The zero-order valence-corrected chi connectivity index (χ0v) is 10.3. The lowest BCUT2D eigenvalue weighted by molar-refractivity contribution is 0.102. The van der Waals surface area contributed by atoms with E-state index in [2.05, 4.69) is 10.4 Å². The third kappa shape index (κ3) is 2.34. The molecule has 0 atom stereocenters. The highest BCUT2D eigenvalue weighted by Crippen LogP contribution is 2.16. The molecule has 0 fully saturated rings. The van der Waals surface area contributed by atoms with Crippen LogP contribution in [0.3, 0.4) is 0 Å². The Morgan fingerprint density at radius 3 is 3.00 bits per heavy atom. The lowest BCUT2D eigenvalue weighted by atomic mass is 10.2. The van der Waals surface area contributed by atoms with Crippen molar-refractivity contribution in [3.8, 4) is 6.07 Å². The molecule has 0 unspecified atom stereocenters. The Kier molecular flexibility index (Phi) is 3.31. The van der Waals surface area contributed by atoms with E-state index in [1.54, 1.807) is 31.3 Å². The SMILES string of the molecule is Cn1ncc(C#N)c1NC(=O)c1cccc(Cl)c1. The summed E-state index contributed by atoms with van der Waals surface area (Å²) in [5.74, 6) is 0.0278. The van der Waals surface area contributed by atoms with Crippen molar-refractivity contribution < 1.29 is 4.79 Å². The molecule has 0 aliphatic rings. The summed E-state index contributed by atoms with van der Waals surface area (Å²) in [4.78, 5) is 12.0. The van der Waals surface area contributed by atoms with Gasteiger partial charge in [0.2, 0.25) is 0 Å². The van der Waals surface area contributed by atoms with Gasteiger partial charge in [0, 0.05) is 17.6 Å². The van der Waals surface area contributed by atoms with Crippen molar-refractivity contribution >= 4 is 23.3 Å². The maximum absolute atomic E-state index is 12.0. The van der Waals surface area contributed by atoms with E-state index in [1.165, 1.54) is 10.9 Å². The van der Waals surface area contributed by atoms with Crippen LogP contribution in [0.15, 0.2) is 30.5 Å². The number of rotatable bonds is 2. The molecule has 1 aromatic heterocycles. The normalized spacial score (nSPS) is 9.83. The van der Waals surface area contributed by atoms with Crippen molar-refractivity contribution in [3.05, 3.63) is 46.6 Å². The van der Waals surface area contributed by atoms with Gasteiger partial charge in [-0.15, -0.1) is 0 Å². The number of carbonyl (C=O) groups excluding carboxylic acids is 1. The summed E-state index contributed by atoms with van der Waals surface area (Å²) in [6, 6.07) is 8.53. The van der Waals surface area contributed by atoms with Crippen LogP contribution in [-0.4, -0.2) is 15.7 Å². The first kappa shape index (κ1) is 12.1. The van der Waals surface area contributed by atoms with Gasteiger partial charge in [-0.25, -0.2) is 0 Å². The number of halogens is 1. The number of nitriles is 1. The summed E-state index contributed by atoms with van der Waals surface area (Å²) in [6.45, 7) is 0. The molecule has 0 radical (unpaired) electrons. The molecule has 1 heterocycles. The maximum atomic E-state index is 12.0. The average molecular weight is 261 g/mol. The second-order valence-corrected chi connectivity index (χ2v) is 4.04. The number of aryl methyl sites for hydroxylation is 1. The van der Waals surface area contributed by atoms with Crippen LogP contribution in [0.4, 0.5) is 5.82 Å². The lowest BCUT2D eigenvalue weighted by Crippen LogP contribution is -2.15. The van der Waals surface area contributed by atoms with Gasteiger partial charge in [-0.3, -0.25) is 9.48 Å². The molecule has 1 amide bonds. The van der Waals surface area contributed by atoms with Gasteiger partial charge >= 0.3 is 0 Å². The first-order chi connectivity index (χ1) is 8.61. The van der Waals surface area contributed by atoms with Gasteiger partial charge in [0.15, 0.2) is 0 Å². The zero-order valence-electron chi connectivity index (χ0n) is 9.51. The molecule has 2 aromatic rings. The summed E-state index contributed by atoms with van der Waals surface area (Å²) in [5, 5.41) is 15.9. The number of nitrogens with one attached hydrogen (secondary N) is 1. The fourth-order valence-electron chi connectivity index (χ4n) is 1.48. The largest absolute Gasteiger partial charge is 0.306 e. The van der Waals surface area contributed by atoms with E-state index in [4.69, 9.17) is 16.9 Å². The fourth-order valence-corrected chi connectivity index (χ4v) is 1.67. The molecular formula is C12H9ClN4O. The molecule has 0 saturated heterocycles. The van der Waals surface area contributed by atoms with Crippen LogP contribution in [0.1, 0.15) is 15.9 Å². The summed E-state index contributed by atoms with van der Waals surface area (Å²) < 4.78 is 1.43. The monoisotopic (exact) mass is 260 g/mol. The highest BCUT2D eigenvalue weighted by molar-refractivity contribution is 6.31. The first-order valence-electron chi connectivity index (χ1n) is 5.11. The van der Waals surface area contributed by atoms with Crippen LogP contribution in [0, 0.1) is 11.3 Å². The van der Waals surface area contributed by atoms with E-state index in [-0.39, 0.29) is 5.91 Å². The highest BCUT2D eigenvalue weighted by Gasteiger charge is 2.13. The third-order valence-corrected chi connectivity index (χ3v) is 2.61. The van der Waals surface area contributed by atoms with E-state index in [9.17, 15) is 4.79 Å². The third-order valence-electron chi connectivity index (χ3n) is 2.38. The molecule has 0 saturated carbocycles. The highest BCUT2D eigenvalue weighted by atomic mass is 35.5. The molecule has 1 aromatic carbocycles. The number of hydrogen-bond acceptors (Lipinski definition) is 3. The van der Waals surface area contributed by atoms with Gasteiger partial charge in [0.1, 0.15) is 17.5 Å². The Bertz CT molecular complexity index is 642. The summed E-state index contributed by atoms with van der Waals surface area (Å²) in [5.41, 5.74) is 0.737. The van der Waals surface area contributed by atoms with E-state index in [0.29, 0.717) is 22.0 Å². The molecule has 2 rings (SSSR count). The molecular weight excluding hydrogens is 252 g/mol. The maximum Gasteiger partial charge on any atom is 0.256 e. The Morgan fingerprint density at radius 2 is 2.33 bits per heavy atom. The number of amides is 1. The van der Waals surface area contributed by atoms with E-state index < -0.39 is 0 Å². The topological polar surface area (TPSA) is 70.7 Å². The van der Waals surface area contributed by atoms with Crippen molar-refractivity contribution in [2.75, 3.05) is 5.32 Å². The zero-order chi connectivity index (χ0) is 13.1. The Labute approximate surface area is 109 Å². The molecule has 0 aliphatic carbocycles. The van der Waals surface area contributed by atoms with Crippen molar-refractivity contribution in [1.82, 2.24) is 9.78 Å². The Balaban J connectivity index is 2.27. The second kappa shape index (κ2) is 4.90. The Morgan fingerprint density at radius 1 is 1.56 bits per heavy atom. The minimum absolute atomic E-state index is 0.313. The van der Waals surface area contributed by atoms with Gasteiger partial charge in [0.25, 0.3) is 5.91 Å². The number of benzene rings is 1. The van der Waals surface area contributed by atoms with Crippen molar-refractivity contribution in [2.24, 2.45) is 7.05 Å². The van der Waals surface area contributed by atoms with Crippen LogP contribution in [-0.2, 0) is 7.05 Å². The molecule has 5 nitrogen and oxygen atoms in total. The van der Waals surface area contributed by atoms with Gasteiger partial charge in [-0.1, -0.05) is 17.7 Å². The standard InChI is InChI=1S/C12H9ClN4O/c1-17-11(9(6-14)7-15-17)16-12(18)8-3-2-4-10(13)5-8/h2-5,7H,1H3,(H,16,18). The van der Waals surface area contributed by atoms with E-state index >= 15 is 0 Å². The number of hydrogen-bond donors (Lipinski definition) is 1. The first-order valence-corrected chi connectivity index (χ1v) is 5.48. The number of carbonyl (C=O) groups is 1. The van der Waals surface area contributed by atoms with Crippen molar-refractivity contribution in [1.29, 1.82) is 5.26 Å². The predicted octanol–water partition coefficient (Wildman–Crippen LogP) is 2.20. The lowest BCUT2D eigenvalue weighted by Gasteiger charge is -2.06. The van der Waals surface area contributed by atoms with Crippen LogP contribution < -0.4 is 5.32 Å². The molecule has 18 heavy (non-hydrogen) atoms. The summed E-state index contributed by atoms with van der Waals surface area (Å²) >= 11 is 5.81. The molecule has 0 bridgehead atoms. The molecule has 6 heteroatoms. The van der Waals surface area contributed by atoms with Crippen LogP contribution >= 0.6 is 11.6 Å². The molecule has 0 spiro atoms. The van der Waals surface area contributed by atoms with E-state index in [0.717, 1.165) is 0 Å². The smallest absolute Gasteiger partial charge is 0.256 e. The quantitative estimate of drug-likeness (QED) is 0.900. The van der Waals surface area contributed by atoms with Gasteiger partial charge in [-0.05, 0) is 18.2 Å². The molecule has 0 aliphatic heterocycles. The van der Waals surface area contributed by atoms with Gasteiger partial charge in [-0.2, -0.15) is 10.4 Å². The number of anilines is 1. The second-order valence-electron chi connectivity index (χ2n) is 3.61. The average Bonchev–Trinajstić information content (AvgIpc) is 2.70. The van der Waals surface area contributed by atoms with Crippen LogP contribution in [0.5, 0.6) is 0 Å². The van der Waals surface area contributed by atoms with Gasteiger partial charge in [0.05, 0.1) is 6.20 Å². The van der Waals surface area contributed by atoms with Crippen molar-refractivity contribution in [2.45, 2.75) is 0 Å². The minimum Gasteiger partial charge on any atom is -0.306 e. The summed E-state index contributed by atoms with van der Waals surface area (Å²) in [7, 11) is 1.65. The predicted molar refractivity (Wildman–Crippen MR) is 67.3 cm³/mol. The Hall–Kier alpha value is -2.32. The van der Waals surface area contributed by atoms with Crippen LogP contribution in [0.25, 0.3) is 0 Å². The van der Waals surface area contributed by atoms with Crippen LogP contribution in [0.2, 0.25) is 5.02 Å². The fraction of sp³-hybridized carbons (Fsp3) is 0.0833.